The Bertz CT molecular complexity index is 1320. The van der Waals surface area contributed by atoms with Crippen LogP contribution in [-0.4, -0.2) is 59.8 Å². The summed E-state index contributed by atoms with van der Waals surface area (Å²) in [6.45, 7) is 5.26. The van der Waals surface area contributed by atoms with Crippen molar-refractivity contribution in [3.8, 4) is 0 Å². The van der Waals surface area contributed by atoms with Crippen LogP contribution in [0.4, 0.5) is 14.5 Å². The maximum atomic E-state index is 14.0. The molecule has 3 aliphatic rings. The van der Waals surface area contributed by atoms with E-state index in [-0.39, 0.29) is 17.5 Å². The van der Waals surface area contributed by atoms with Gasteiger partial charge in [0, 0.05) is 49.0 Å². The van der Waals surface area contributed by atoms with Gasteiger partial charge in [-0.25, -0.2) is 13.8 Å². The SMILES string of the molecule is CC1=NC(c2ccc(F)cc2)(c2ccc(F)cc2)C(=O)N1CCCN1CC2CC1CN2c1ccc(Cl)cc1. The largest absolute Gasteiger partial charge is 0.366 e. The Kier molecular flexibility index (Phi) is 6.44. The predicted octanol–water partition coefficient (Wildman–Crippen LogP) is 5.48. The van der Waals surface area contributed by atoms with Crippen molar-refractivity contribution in [2.75, 3.05) is 31.1 Å². The molecule has 5 nitrogen and oxygen atoms in total. The number of likely N-dealkylation sites (tertiary alicyclic amines) is 1. The molecule has 2 bridgehead atoms. The first kappa shape index (κ1) is 25.0. The van der Waals surface area contributed by atoms with Gasteiger partial charge in [-0.3, -0.25) is 14.6 Å². The fourth-order valence-corrected chi connectivity index (χ4v) is 6.41. The minimum absolute atomic E-state index is 0.190. The Morgan fingerprint density at radius 3 is 2.03 bits per heavy atom. The van der Waals surface area contributed by atoms with E-state index in [9.17, 15) is 13.6 Å². The third-order valence-corrected chi connectivity index (χ3v) is 8.39. The van der Waals surface area contributed by atoms with E-state index in [1.54, 1.807) is 29.2 Å². The van der Waals surface area contributed by atoms with E-state index in [1.165, 1.54) is 30.0 Å². The van der Waals surface area contributed by atoms with Crippen molar-refractivity contribution < 1.29 is 13.6 Å². The smallest absolute Gasteiger partial charge is 0.265 e. The topological polar surface area (TPSA) is 39.2 Å². The van der Waals surface area contributed by atoms with Gasteiger partial charge in [-0.2, -0.15) is 0 Å². The van der Waals surface area contributed by atoms with Crippen molar-refractivity contribution in [3.63, 3.8) is 0 Å². The first-order valence-electron chi connectivity index (χ1n) is 13.0. The monoisotopic (exact) mass is 534 g/mol. The van der Waals surface area contributed by atoms with Gasteiger partial charge in [0.1, 0.15) is 17.5 Å². The number of carbonyl (C=O) groups excluding carboxylic acids is 1. The molecule has 8 heteroatoms. The van der Waals surface area contributed by atoms with E-state index in [2.05, 4.69) is 21.9 Å². The molecule has 6 rings (SSSR count). The number of aliphatic imine (C=N–C) groups is 1. The highest BCUT2D eigenvalue weighted by molar-refractivity contribution is 6.30. The highest BCUT2D eigenvalue weighted by atomic mass is 35.5. The number of nitrogens with zero attached hydrogens (tertiary/aromatic N) is 4. The molecule has 3 aromatic rings. The van der Waals surface area contributed by atoms with Gasteiger partial charge in [0.15, 0.2) is 5.54 Å². The summed E-state index contributed by atoms with van der Waals surface area (Å²) in [6.07, 6.45) is 1.95. The number of amidine groups is 1. The van der Waals surface area contributed by atoms with E-state index in [1.807, 2.05) is 19.1 Å². The van der Waals surface area contributed by atoms with Gasteiger partial charge in [-0.15, -0.1) is 0 Å². The molecule has 196 valence electrons. The molecular weight excluding hydrogens is 506 g/mol. The van der Waals surface area contributed by atoms with Gasteiger partial charge in [-0.05, 0) is 79.4 Å². The number of benzene rings is 3. The number of carbonyl (C=O) groups is 1. The predicted molar refractivity (Wildman–Crippen MR) is 146 cm³/mol. The molecule has 0 saturated carbocycles. The number of anilines is 1. The number of hydrogen-bond donors (Lipinski definition) is 0. The van der Waals surface area contributed by atoms with Crippen molar-refractivity contribution in [2.45, 2.75) is 37.4 Å². The third kappa shape index (κ3) is 4.28. The molecule has 2 saturated heterocycles. The number of hydrogen-bond acceptors (Lipinski definition) is 4. The number of piperazine rings is 1. The summed E-state index contributed by atoms with van der Waals surface area (Å²) in [5.41, 5.74) is 0.999. The second-order valence-electron chi connectivity index (χ2n) is 10.4. The van der Waals surface area contributed by atoms with Crippen LogP contribution in [0.3, 0.4) is 0 Å². The quantitative estimate of drug-likeness (QED) is 0.403. The first-order valence-corrected chi connectivity index (χ1v) is 13.4. The third-order valence-electron chi connectivity index (χ3n) is 8.14. The van der Waals surface area contributed by atoms with Gasteiger partial charge in [-0.1, -0.05) is 35.9 Å². The maximum Gasteiger partial charge on any atom is 0.265 e. The van der Waals surface area contributed by atoms with Gasteiger partial charge in [0.25, 0.3) is 5.91 Å². The Hall–Kier alpha value is -3.29. The molecule has 2 unspecified atom stereocenters. The maximum absolute atomic E-state index is 14.0. The second-order valence-corrected chi connectivity index (χ2v) is 10.8. The molecule has 3 aliphatic heterocycles. The minimum atomic E-state index is -1.35. The molecular formula is C30H29ClF2N4O. The summed E-state index contributed by atoms with van der Waals surface area (Å²) in [7, 11) is 0. The van der Waals surface area contributed by atoms with Crippen LogP contribution in [0.2, 0.25) is 5.02 Å². The Balaban J connectivity index is 1.14. The summed E-state index contributed by atoms with van der Waals surface area (Å²) in [4.78, 5) is 25.5. The highest BCUT2D eigenvalue weighted by Crippen LogP contribution is 2.41. The molecule has 3 heterocycles. The van der Waals surface area contributed by atoms with Crippen molar-refractivity contribution in [2.24, 2.45) is 4.99 Å². The van der Waals surface area contributed by atoms with Crippen molar-refractivity contribution in [1.29, 1.82) is 0 Å². The summed E-state index contributed by atoms with van der Waals surface area (Å²) < 4.78 is 27.5. The minimum Gasteiger partial charge on any atom is -0.366 e. The Labute approximate surface area is 226 Å². The number of halogens is 3. The number of amides is 1. The fourth-order valence-electron chi connectivity index (χ4n) is 6.29. The normalized spacial score (nSPS) is 22.4. The standard InChI is InChI=1S/C30H29ClF2N4O/c1-20-34-30(21-3-9-24(32)10-4-21,22-5-11-25(33)12-6-22)29(38)36(20)16-2-15-35-18-28-17-27(35)19-37(28)26-13-7-23(31)8-14-26/h3-14,27-28H,2,15-19H2,1H3. The average molecular weight is 535 g/mol. The summed E-state index contributed by atoms with van der Waals surface area (Å²) in [5, 5.41) is 0.748. The second kappa shape index (κ2) is 9.79. The van der Waals surface area contributed by atoms with Crippen LogP contribution in [0.25, 0.3) is 0 Å². The lowest BCUT2D eigenvalue weighted by molar-refractivity contribution is -0.130. The van der Waals surface area contributed by atoms with Crippen LogP contribution in [0, 0.1) is 11.6 Å². The summed E-state index contributed by atoms with van der Waals surface area (Å²) >= 11 is 6.06. The van der Waals surface area contributed by atoms with Crippen LogP contribution in [0.1, 0.15) is 30.9 Å². The number of fused-ring (bicyclic) bond motifs is 2. The van der Waals surface area contributed by atoms with E-state index in [0.29, 0.717) is 35.6 Å². The molecule has 0 radical (unpaired) electrons. The Morgan fingerprint density at radius 2 is 1.47 bits per heavy atom. The highest BCUT2D eigenvalue weighted by Gasteiger charge is 2.50. The lowest BCUT2D eigenvalue weighted by Gasteiger charge is -2.36. The molecule has 2 fully saturated rings. The summed E-state index contributed by atoms with van der Waals surface area (Å²) in [5.74, 6) is -0.355. The molecule has 0 aliphatic carbocycles. The van der Waals surface area contributed by atoms with Gasteiger partial charge < -0.3 is 4.90 Å². The number of rotatable bonds is 7. The zero-order chi connectivity index (χ0) is 26.4. The zero-order valence-corrected chi connectivity index (χ0v) is 21.9. The van der Waals surface area contributed by atoms with Crippen LogP contribution in [0.5, 0.6) is 0 Å². The molecule has 38 heavy (non-hydrogen) atoms. The first-order chi connectivity index (χ1) is 18.3. The van der Waals surface area contributed by atoms with E-state index in [4.69, 9.17) is 16.6 Å². The summed E-state index contributed by atoms with van der Waals surface area (Å²) in [6, 6.07) is 20.7. The van der Waals surface area contributed by atoms with Crippen molar-refractivity contribution in [3.05, 3.63) is 101 Å². The molecule has 2 atom stereocenters. The van der Waals surface area contributed by atoms with Crippen molar-refractivity contribution >= 4 is 29.0 Å². The van der Waals surface area contributed by atoms with E-state index in [0.717, 1.165) is 37.5 Å². The lowest BCUT2D eigenvalue weighted by Crippen LogP contribution is -2.47. The van der Waals surface area contributed by atoms with Crippen LogP contribution < -0.4 is 4.90 Å². The fraction of sp³-hybridized carbons (Fsp3) is 0.333. The molecule has 3 aromatic carbocycles. The van der Waals surface area contributed by atoms with Crippen LogP contribution in [0.15, 0.2) is 77.8 Å². The zero-order valence-electron chi connectivity index (χ0n) is 21.2. The van der Waals surface area contributed by atoms with Crippen molar-refractivity contribution in [1.82, 2.24) is 9.80 Å². The van der Waals surface area contributed by atoms with Gasteiger partial charge in [0.2, 0.25) is 0 Å². The molecule has 1 amide bonds. The lowest BCUT2D eigenvalue weighted by atomic mass is 9.82. The van der Waals surface area contributed by atoms with Crippen LogP contribution >= 0.6 is 11.6 Å². The van der Waals surface area contributed by atoms with Gasteiger partial charge in [0.05, 0.1) is 0 Å². The molecule has 0 aromatic heterocycles. The molecule has 0 N–H and O–H groups in total. The van der Waals surface area contributed by atoms with Crippen LogP contribution in [-0.2, 0) is 10.3 Å². The molecule has 0 spiro atoms. The van der Waals surface area contributed by atoms with E-state index < -0.39 is 5.54 Å². The van der Waals surface area contributed by atoms with E-state index >= 15 is 0 Å². The average Bonchev–Trinajstić information content (AvgIpc) is 3.58. The van der Waals surface area contributed by atoms with Gasteiger partial charge >= 0.3 is 0 Å². The Morgan fingerprint density at radius 1 is 0.868 bits per heavy atom.